The van der Waals surface area contributed by atoms with Crippen LogP contribution in [0.2, 0.25) is 0 Å². The number of hydrogen-bond acceptors (Lipinski definition) is 8. The van der Waals surface area contributed by atoms with E-state index in [1.807, 2.05) is 0 Å². The molecule has 0 spiro atoms. The number of halogens is 4. The first-order valence-corrected chi connectivity index (χ1v) is 11.7. The third-order valence-corrected chi connectivity index (χ3v) is 6.07. The van der Waals surface area contributed by atoms with Crippen molar-refractivity contribution in [1.82, 2.24) is 29.5 Å². The molecule has 1 aliphatic rings. The molecule has 1 aromatic carbocycles. The van der Waals surface area contributed by atoms with Gasteiger partial charge in [-0.2, -0.15) is 13.2 Å². The molecule has 3 aromatic heterocycles. The van der Waals surface area contributed by atoms with Crippen molar-refractivity contribution in [2.24, 2.45) is 0 Å². The first kappa shape index (κ1) is 25.4. The lowest BCUT2D eigenvalue weighted by atomic mass is 10.1. The van der Waals surface area contributed by atoms with Crippen LogP contribution in [0.4, 0.5) is 23.4 Å². The zero-order chi connectivity index (χ0) is 26.9. The largest absolute Gasteiger partial charge is 0.491 e. The molecule has 9 nitrogen and oxygen atoms in total. The highest BCUT2D eigenvalue weighted by Gasteiger charge is 2.35. The predicted octanol–water partition coefficient (Wildman–Crippen LogP) is 5.25. The number of rotatable bonds is 9. The van der Waals surface area contributed by atoms with Crippen molar-refractivity contribution in [3.05, 3.63) is 59.9 Å². The van der Waals surface area contributed by atoms with Gasteiger partial charge < -0.3 is 19.4 Å². The van der Waals surface area contributed by atoms with Crippen molar-refractivity contribution < 1.29 is 27.0 Å². The van der Waals surface area contributed by atoms with Crippen LogP contribution in [0.25, 0.3) is 22.8 Å². The highest BCUT2D eigenvalue weighted by Crippen LogP contribution is 2.45. The number of anilines is 1. The van der Waals surface area contributed by atoms with Gasteiger partial charge in [-0.15, -0.1) is 0 Å². The summed E-state index contributed by atoms with van der Waals surface area (Å²) in [5.74, 6) is 1.82. The van der Waals surface area contributed by atoms with E-state index >= 15 is 0 Å². The Morgan fingerprint density at radius 2 is 1.79 bits per heavy atom. The normalized spacial score (nSPS) is 13.4. The molecule has 0 unspecified atom stereocenters. The van der Waals surface area contributed by atoms with Gasteiger partial charge in [-0.05, 0) is 18.4 Å². The second kappa shape index (κ2) is 10.2. The van der Waals surface area contributed by atoms with Gasteiger partial charge in [0.1, 0.15) is 17.7 Å². The lowest BCUT2D eigenvalue weighted by molar-refractivity contribution is -0.140. The van der Waals surface area contributed by atoms with E-state index in [1.54, 1.807) is 30.5 Å². The van der Waals surface area contributed by atoms with E-state index in [9.17, 15) is 17.6 Å². The van der Waals surface area contributed by atoms with Crippen LogP contribution in [-0.2, 0) is 19.5 Å². The molecule has 0 bridgehead atoms. The second-order valence-electron chi connectivity index (χ2n) is 8.62. The molecule has 1 N–H and O–H groups in total. The maximum atomic E-state index is 13.3. The summed E-state index contributed by atoms with van der Waals surface area (Å²) in [4.78, 5) is 21.3. The standard InChI is InChI=1S/C25H23F4N7O2/c1-37-17-10-31-22(19-20(15-7-8-15)32-13-33-24(19)38-2)35-21(17)30-9-14-3-5-16(6-4-14)23-34-18(25(27,28)29)11-36(23)12-26/h3-6,10-11,13,15H,7-9,12H2,1-2H3,(H,30,31,35). The number of aromatic nitrogens is 6. The van der Waals surface area contributed by atoms with E-state index in [-0.39, 0.29) is 5.82 Å². The monoisotopic (exact) mass is 529 g/mol. The minimum Gasteiger partial charge on any atom is -0.491 e. The molecule has 0 atom stereocenters. The minimum atomic E-state index is -4.66. The number of nitrogens with one attached hydrogen (secondary N) is 1. The summed E-state index contributed by atoms with van der Waals surface area (Å²) < 4.78 is 64.1. The van der Waals surface area contributed by atoms with Crippen molar-refractivity contribution in [3.63, 3.8) is 0 Å². The Labute approximate surface area is 214 Å². The molecule has 0 amide bonds. The van der Waals surface area contributed by atoms with Crippen LogP contribution in [-0.4, -0.2) is 43.7 Å². The maximum Gasteiger partial charge on any atom is 0.434 e. The number of imidazole rings is 1. The van der Waals surface area contributed by atoms with Gasteiger partial charge in [-0.1, -0.05) is 24.3 Å². The summed E-state index contributed by atoms with van der Waals surface area (Å²) in [5, 5.41) is 3.21. The van der Waals surface area contributed by atoms with Crippen molar-refractivity contribution in [3.8, 4) is 34.4 Å². The molecule has 38 heavy (non-hydrogen) atoms. The molecule has 0 radical (unpaired) electrons. The van der Waals surface area contributed by atoms with E-state index in [1.165, 1.54) is 20.5 Å². The molecule has 0 saturated heterocycles. The van der Waals surface area contributed by atoms with Crippen LogP contribution < -0.4 is 14.8 Å². The highest BCUT2D eigenvalue weighted by atomic mass is 19.4. The average Bonchev–Trinajstić information content (AvgIpc) is 3.68. The first-order chi connectivity index (χ1) is 18.3. The van der Waals surface area contributed by atoms with Crippen LogP contribution in [0.3, 0.4) is 0 Å². The van der Waals surface area contributed by atoms with E-state index < -0.39 is 18.7 Å². The SMILES string of the molecule is COc1cnc(-c2c(OC)ncnc2C2CC2)nc1NCc1ccc(-c2nc(C(F)(F)F)cn2CF)cc1. The summed E-state index contributed by atoms with van der Waals surface area (Å²) in [6, 6.07) is 6.59. The fourth-order valence-corrected chi connectivity index (χ4v) is 4.01. The molecule has 1 saturated carbocycles. The van der Waals surface area contributed by atoms with Gasteiger partial charge in [-0.25, -0.2) is 29.3 Å². The molecule has 1 fully saturated rings. The van der Waals surface area contributed by atoms with E-state index in [4.69, 9.17) is 9.47 Å². The Morgan fingerprint density at radius 3 is 2.42 bits per heavy atom. The molecule has 13 heteroatoms. The third kappa shape index (κ3) is 5.08. The molecule has 0 aliphatic heterocycles. The topological polar surface area (TPSA) is 99.9 Å². The van der Waals surface area contributed by atoms with Gasteiger partial charge >= 0.3 is 6.18 Å². The summed E-state index contributed by atoms with van der Waals surface area (Å²) in [6.07, 6.45) is 1.05. The molecule has 5 rings (SSSR count). The van der Waals surface area contributed by atoms with Crippen LogP contribution in [0.15, 0.2) is 43.0 Å². The summed E-state index contributed by atoms with van der Waals surface area (Å²) in [5.41, 5.74) is 1.48. The lowest BCUT2D eigenvalue weighted by Crippen LogP contribution is -2.07. The van der Waals surface area contributed by atoms with Crippen molar-refractivity contribution in [2.75, 3.05) is 19.5 Å². The van der Waals surface area contributed by atoms with E-state index in [0.29, 0.717) is 53.1 Å². The van der Waals surface area contributed by atoms with Crippen LogP contribution in [0, 0.1) is 0 Å². The number of alkyl halides is 4. The van der Waals surface area contributed by atoms with Gasteiger partial charge in [0, 0.05) is 24.2 Å². The number of hydrogen-bond donors (Lipinski definition) is 1. The molecular weight excluding hydrogens is 506 g/mol. The molecule has 1 aliphatic carbocycles. The Balaban J connectivity index is 1.38. The number of nitrogens with zero attached hydrogens (tertiary/aromatic N) is 6. The molecule has 4 aromatic rings. The van der Waals surface area contributed by atoms with Crippen LogP contribution in [0.5, 0.6) is 11.6 Å². The Bertz CT molecular complexity index is 1440. The molecule has 3 heterocycles. The Morgan fingerprint density at radius 1 is 1.03 bits per heavy atom. The quantitative estimate of drug-likeness (QED) is 0.294. The van der Waals surface area contributed by atoms with Gasteiger partial charge in [0.2, 0.25) is 5.88 Å². The van der Waals surface area contributed by atoms with Crippen molar-refractivity contribution in [2.45, 2.75) is 38.3 Å². The summed E-state index contributed by atoms with van der Waals surface area (Å²) in [6.45, 7) is -0.812. The fourth-order valence-electron chi connectivity index (χ4n) is 4.01. The van der Waals surface area contributed by atoms with Gasteiger partial charge in [0.25, 0.3) is 0 Å². The van der Waals surface area contributed by atoms with E-state index in [2.05, 4.69) is 30.2 Å². The maximum absolute atomic E-state index is 13.3. The van der Waals surface area contributed by atoms with Gasteiger partial charge in [0.05, 0.1) is 26.1 Å². The number of methoxy groups -OCH3 is 2. The second-order valence-corrected chi connectivity index (χ2v) is 8.62. The minimum absolute atomic E-state index is 0.105. The first-order valence-electron chi connectivity index (χ1n) is 11.7. The van der Waals surface area contributed by atoms with Gasteiger partial charge in [-0.3, -0.25) is 0 Å². The zero-order valence-electron chi connectivity index (χ0n) is 20.5. The zero-order valence-corrected chi connectivity index (χ0v) is 20.5. The van der Waals surface area contributed by atoms with Crippen LogP contribution >= 0.6 is 0 Å². The van der Waals surface area contributed by atoms with Crippen molar-refractivity contribution in [1.29, 1.82) is 0 Å². The molecular formula is C25H23F4N7O2. The van der Waals surface area contributed by atoms with Gasteiger partial charge in [0.15, 0.2) is 29.9 Å². The number of benzene rings is 1. The summed E-state index contributed by atoms with van der Waals surface area (Å²) in [7, 11) is 3.03. The van der Waals surface area contributed by atoms with Crippen molar-refractivity contribution >= 4 is 5.82 Å². The Hall–Kier alpha value is -4.29. The smallest absolute Gasteiger partial charge is 0.434 e. The molecule has 198 valence electrons. The predicted molar refractivity (Wildman–Crippen MR) is 129 cm³/mol. The fraction of sp³-hybridized carbons (Fsp3) is 0.320. The third-order valence-electron chi connectivity index (χ3n) is 6.07. The summed E-state index contributed by atoms with van der Waals surface area (Å²) >= 11 is 0. The highest BCUT2D eigenvalue weighted by molar-refractivity contribution is 5.68. The lowest BCUT2D eigenvalue weighted by Gasteiger charge is -2.14. The Kier molecular flexibility index (Phi) is 6.83. The van der Waals surface area contributed by atoms with E-state index in [0.717, 1.165) is 28.7 Å². The number of ether oxygens (including phenoxy) is 2. The average molecular weight is 529 g/mol. The van der Waals surface area contributed by atoms with Crippen LogP contribution in [0.1, 0.15) is 35.7 Å².